The first kappa shape index (κ1) is 13.2. The number of carbonyl (C=O) groups excluding carboxylic acids is 1. The van der Waals surface area contributed by atoms with Crippen molar-refractivity contribution in [1.82, 2.24) is 15.2 Å². The fraction of sp³-hybridized carbons (Fsp3) is 0.308. The van der Waals surface area contributed by atoms with E-state index in [0.29, 0.717) is 11.4 Å². The molecule has 0 aliphatic rings. The van der Waals surface area contributed by atoms with Gasteiger partial charge >= 0.3 is 0 Å². The van der Waals surface area contributed by atoms with Crippen LogP contribution in [0.25, 0.3) is 0 Å². The number of rotatable bonds is 3. The Balaban J connectivity index is 2.21. The van der Waals surface area contributed by atoms with Gasteiger partial charge in [0.1, 0.15) is 11.6 Å². The average Bonchev–Trinajstić information content (AvgIpc) is 2.83. The molecule has 100 valence electrons. The van der Waals surface area contributed by atoms with Crippen LogP contribution >= 0.6 is 0 Å². The quantitative estimate of drug-likeness (QED) is 0.893. The third kappa shape index (κ3) is 2.78. The summed E-state index contributed by atoms with van der Waals surface area (Å²) in [4.78, 5) is 16.0. The highest BCUT2D eigenvalue weighted by molar-refractivity contribution is 6.02. The fourth-order valence-electron chi connectivity index (χ4n) is 1.59. The number of amides is 1. The number of nitrogens with zero attached hydrogens (tertiary/aromatic N) is 2. The van der Waals surface area contributed by atoms with Crippen LogP contribution in [0.2, 0.25) is 0 Å². The Morgan fingerprint density at radius 2 is 2.16 bits per heavy atom. The van der Waals surface area contributed by atoms with Gasteiger partial charge in [-0.25, -0.2) is 9.37 Å². The normalized spacial score (nSPS) is 10.8. The van der Waals surface area contributed by atoms with Crippen molar-refractivity contribution in [3.05, 3.63) is 41.2 Å². The summed E-state index contributed by atoms with van der Waals surface area (Å²) in [7, 11) is 0. The summed E-state index contributed by atoms with van der Waals surface area (Å²) in [6.07, 6.45) is 0. The van der Waals surface area contributed by atoms with Gasteiger partial charge in [0.05, 0.1) is 5.69 Å². The molecule has 0 radical (unpaired) electrons. The Morgan fingerprint density at radius 3 is 2.74 bits per heavy atom. The molecular formula is C13H15FN4O. The van der Waals surface area contributed by atoms with Crippen LogP contribution in [0, 0.1) is 12.7 Å². The predicted molar refractivity (Wildman–Crippen MR) is 69.6 cm³/mol. The summed E-state index contributed by atoms with van der Waals surface area (Å²) in [5.41, 5.74) is 0.802. The van der Waals surface area contributed by atoms with E-state index in [0.717, 1.165) is 0 Å². The Kier molecular flexibility index (Phi) is 3.59. The van der Waals surface area contributed by atoms with E-state index in [1.807, 2.05) is 13.8 Å². The zero-order valence-corrected chi connectivity index (χ0v) is 11.0. The minimum atomic E-state index is -0.531. The molecule has 5 nitrogen and oxygen atoms in total. The van der Waals surface area contributed by atoms with E-state index >= 15 is 0 Å². The molecule has 6 heteroatoms. The first-order valence-corrected chi connectivity index (χ1v) is 5.97. The maximum atomic E-state index is 13.6. The zero-order chi connectivity index (χ0) is 14.0. The lowest BCUT2D eigenvalue weighted by Crippen LogP contribution is -2.15. The molecule has 0 atom stereocenters. The second-order valence-corrected chi connectivity index (χ2v) is 4.58. The van der Waals surface area contributed by atoms with E-state index < -0.39 is 11.7 Å². The molecule has 2 N–H and O–H groups in total. The average molecular weight is 262 g/mol. The molecule has 0 fully saturated rings. The molecule has 0 unspecified atom stereocenters. The smallest absolute Gasteiger partial charge is 0.295 e. The number of benzene rings is 1. The summed E-state index contributed by atoms with van der Waals surface area (Å²) in [5.74, 6) is -0.240. The maximum Gasteiger partial charge on any atom is 0.295 e. The zero-order valence-electron chi connectivity index (χ0n) is 11.0. The number of anilines is 1. The van der Waals surface area contributed by atoms with E-state index in [4.69, 9.17) is 0 Å². The van der Waals surface area contributed by atoms with Crippen LogP contribution in [-0.2, 0) is 0 Å². The predicted octanol–water partition coefficient (Wildman–Crippen LogP) is 2.63. The van der Waals surface area contributed by atoms with Gasteiger partial charge in [-0.3, -0.25) is 9.89 Å². The lowest BCUT2D eigenvalue weighted by atomic mass is 10.2. The molecule has 0 spiro atoms. The number of halogens is 1. The molecule has 1 aromatic heterocycles. The molecule has 0 aliphatic carbocycles. The van der Waals surface area contributed by atoms with Crippen molar-refractivity contribution in [3.8, 4) is 0 Å². The minimum absolute atomic E-state index is 0.00588. The van der Waals surface area contributed by atoms with Gasteiger partial charge < -0.3 is 5.32 Å². The van der Waals surface area contributed by atoms with Crippen LogP contribution in [0.15, 0.2) is 18.2 Å². The number of nitrogens with one attached hydrogen (secondary N) is 2. The number of carbonyl (C=O) groups is 1. The van der Waals surface area contributed by atoms with Crippen molar-refractivity contribution in [3.63, 3.8) is 0 Å². The molecule has 1 heterocycles. The van der Waals surface area contributed by atoms with Crippen molar-refractivity contribution in [2.75, 3.05) is 5.32 Å². The first-order chi connectivity index (χ1) is 8.99. The standard InChI is InChI=1S/C13H15FN4O/c1-7(2)11-16-12(18-17-11)13(19)15-10-8(3)5-4-6-9(10)14/h4-7H,1-3H3,(H,15,19)(H,16,17,18). The van der Waals surface area contributed by atoms with Gasteiger partial charge in [-0.05, 0) is 18.6 Å². The van der Waals surface area contributed by atoms with Gasteiger partial charge in [-0.2, -0.15) is 0 Å². The van der Waals surface area contributed by atoms with Crippen molar-refractivity contribution >= 4 is 11.6 Å². The maximum absolute atomic E-state index is 13.6. The van der Waals surface area contributed by atoms with Gasteiger partial charge in [-0.15, -0.1) is 5.10 Å². The van der Waals surface area contributed by atoms with E-state index in [1.54, 1.807) is 19.1 Å². The van der Waals surface area contributed by atoms with Crippen LogP contribution in [0.5, 0.6) is 0 Å². The minimum Gasteiger partial charge on any atom is -0.316 e. The molecule has 0 aliphatic heterocycles. The van der Waals surface area contributed by atoms with Crippen LogP contribution in [0.3, 0.4) is 0 Å². The van der Waals surface area contributed by atoms with E-state index in [1.165, 1.54) is 6.07 Å². The van der Waals surface area contributed by atoms with Crippen LogP contribution < -0.4 is 5.32 Å². The Morgan fingerprint density at radius 1 is 1.42 bits per heavy atom. The summed E-state index contributed by atoms with van der Waals surface area (Å²) >= 11 is 0. The number of aromatic amines is 1. The van der Waals surface area contributed by atoms with Crippen molar-refractivity contribution in [1.29, 1.82) is 0 Å². The second-order valence-electron chi connectivity index (χ2n) is 4.58. The van der Waals surface area contributed by atoms with Gasteiger partial charge in [0, 0.05) is 5.92 Å². The lowest BCUT2D eigenvalue weighted by Gasteiger charge is -2.07. The number of H-pyrrole nitrogens is 1. The SMILES string of the molecule is Cc1cccc(F)c1NC(=O)c1n[nH]c(C(C)C)n1. The Bertz CT molecular complexity index is 586. The molecule has 1 amide bonds. The molecule has 0 bridgehead atoms. The van der Waals surface area contributed by atoms with E-state index in [9.17, 15) is 9.18 Å². The van der Waals surface area contributed by atoms with Crippen molar-refractivity contribution in [2.45, 2.75) is 26.7 Å². The molecule has 19 heavy (non-hydrogen) atoms. The highest BCUT2D eigenvalue weighted by Gasteiger charge is 2.16. The van der Waals surface area contributed by atoms with Gasteiger partial charge in [-0.1, -0.05) is 26.0 Å². The van der Waals surface area contributed by atoms with Gasteiger partial charge in [0.25, 0.3) is 5.91 Å². The molecule has 2 rings (SSSR count). The summed E-state index contributed by atoms with van der Waals surface area (Å²) in [6.45, 7) is 5.59. The van der Waals surface area contributed by atoms with Gasteiger partial charge in [0.2, 0.25) is 5.82 Å². The third-order valence-corrected chi connectivity index (χ3v) is 2.71. The molecule has 0 saturated carbocycles. The largest absolute Gasteiger partial charge is 0.316 e. The van der Waals surface area contributed by atoms with Crippen LogP contribution in [0.4, 0.5) is 10.1 Å². The lowest BCUT2D eigenvalue weighted by molar-refractivity contribution is 0.101. The van der Waals surface area contributed by atoms with Crippen LogP contribution in [0.1, 0.15) is 41.8 Å². The van der Waals surface area contributed by atoms with Crippen LogP contribution in [-0.4, -0.2) is 21.1 Å². The Labute approximate surface area is 110 Å². The molecular weight excluding hydrogens is 247 g/mol. The summed E-state index contributed by atoms with van der Waals surface area (Å²) in [6, 6.07) is 4.60. The molecule has 1 aromatic carbocycles. The monoisotopic (exact) mass is 262 g/mol. The molecule has 2 aromatic rings. The fourth-order valence-corrected chi connectivity index (χ4v) is 1.59. The second kappa shape index (κ2) is 5.17. The van der Waals surface area contributed by atoms with Crippen molar-refractivity contribution < 1.29 is 9.18 Å². The van der Waals surface area contributed by atoms with E-state index in [-0.39, 0.29) is 17.4 Å². The number of aromatic nitrogens is 3. The number of hydrogen-bond donors (Lipinski definition) is 2. The molecule has 0 saturated heterocycles. The first-order valence-electron chi connectivity index (χ1n) is 5.97. The summed E-state index contributed by atoms with van der Waals surface area (Å²) < 4.78 is 13.6. The Hall–Kier alpha value is -2.24. The van der Waals surface area contributed by atoms with Crippen molar-refractivity contribution in [2.24, 2.45) is 0 Å². The van der Waals surface area contributed by atoms with E-state index in [2.05, 4.69) is 20.5 Å². The topological polar surface area (TPSA) is 70.7 Å². The number of aryl methyl sites for hydroxylation is 1. The number of para-hydroxylation sites is 1. The highest BCUT2D eigenvalue weighted by atomic mass is 19.1. The summed E-state index contributed by atoms with van der Waals surface area (Å²) in [5, 5.41) is 9.00. The number of hydrogen-bond acceptors (Lipinski definition) is 3. The highest BCUT2D eigenvalue weighted by Crippen LogP contribution is 2.19. The van der Waals surface area contributed by atoms with Gasteiger partial charge in [0.15, 0.2) is 0 Å². The third-order valence-electron chi connectivity index (χ3n) is 2.71.